The molecule has 0 aromatic rings. The van der Waals surface area contributed by atoms with Crippen molar-refractivity contribution in [1.82, 2.24) is 4.90 Å². The van der Waals surface area contributed by atoms with Crippen LogP contribution in [0.5, 0.6) is 0 Å². The molecule has 18 heavy (non-hydrogen) atoms. The molecule has 4 aliphatic rings. The molecule has 1 N–H and O–H groups in total. The van der Waals surface area contributed by atoms with Crippen molar-refractivity contribution in [3.05, 3.63) is 0 Å². The van der Waals surface area contributed by atoms with Gasteiger partial charge in [0, 0.05) is 12.6 Å². The van der Waals surface area contributed by atoms with E-state index in [0.717, 1.165) is 43.6 Å². The molecule has 2 nitrogen and oxygen atoms in total. The quantitative estimate of drug-likeness (QED) is 0.813. The predicted molar refractivity (Wildman–Crippen MR) is 72.3 cm³/mol. The number of piperidine rings is 1. The Morgan fingerprint density at radius 2 is 2.06 bits per heavy atom. The summed E-state index contributed by atoms with van der Waals surface area (Å²) in [6.45, 7) is 2.44. The van der Waals surface area contributed by atoms with E-state index in [-0.39, 0.29) is 5.60 Å². The summed E-state index contributed by atoms with van der Waals surface area (Å²) in [4.78, 5) is 2.62. The lowest BCUT2D eigenvalue weighted by Crippen LogP contribution is -2.48. The van der Waals surface area contributed by atoms with Gasteiger partial charge < -0.3 is 10.0 Å². The van der Waals surface area contributed by atoms with Gasteiger partial charge in [0.15, 0.2) is 0 Å². The summed E-state index contributed by atoms with van der Waals surface area (Å²) in [7, 11) is 0. The van der Waals surface area contributed by atoms with Crippen molar-refractivity contribution in [3.8, 4) is 0 Å². The van der Waals surface area contributed by atoms with E-state index >= 15 is 0 Å². The van der Waals surface area contributed by atoms with Crippen LogP contribution in [0.1, 0.15) is 57.8 Å². The van der Waals surface area contributed by atoms with Crippen molar-refractivity contribution >= 4 is 0 Å². The molecule has 2 aliphatic carbocycles. The molecular weight excluding hydrogens is 222 g/mol. The van der Waals surface area contributed by atoms with Gasteiger partial charge in [-0.2, -0.15) is 0 Å². The van der Waals surface area contributed by atoms with E-state index in [1.165, 1.54) is 45.1 Å². The highest BCUT2D eigenvalue weighted by molar-refractivity contribution is 4.99. The summed E-state index contributed by atoms with van der Waals surface area (Å²) in [6, 6.07) is 0.711. The van der Waals surface area contributed by atoms with Gasteiger partial charge in [0.25, 0.3) is 0 Å². The Morgan fingerprint density at radius 3 is 2.83 bits per heavy atom. The van der Waals surface area contributed by atoms with Crippen LogP contribution in [0, 0.1) is 17.8 Å². The molecule has 2 saturated carbocycles. The zero-order chi connectivity index (χ0) is 12.2. The Hall–Kier alpha value is -0.0800. The third-order valence-corrected chi connectivity index (χ3v) is 6.51. The fourth-order valence-corrected chi connectivity index (χ4v) is 5.61. The second-order valence-electron chi connectivity index (χ2n) is 7.65. The van der Waals surface area contributed by atoms with Gasteiger partial charge >= 0.3 is 0 Å². The molecule has 2 aliphatic heterocycles. The largest absolute Gasteiger partial charge is 0.390 e. The third-order valence-electron chi connectivity index (χ3n) is 6.51. The number of aliphatic hydroxyl groups is 1. The SMILES string of the molecule is OC1(CC2CC3CCC2C3)CCN2CCCC2C1. The smallest absolute Gasteiger partial charge is 0.0677 e. The standard InChI is InChI=1S/C16H27NO/c18-16(5-7-17-6-1-2-15(17)11-16)10-14-9-12-3-4-13(14)8-12/h12-15,18H,1-11H2. The minimum Gasteiger partial charge on any atom is -0.390 e. The average molecular weight is 249 g/mol. The van der Waals surface area contributed by atoms with Crippen LogP contribution in [-0.2, 0) is 0 Å². The van der Waals surface area contributed by atoms with Crippen molar-refractivity contribution in [2.75, 3.05) is 13.1 Å². The Labute approximate surface area is 111 Å². The average Bonchev–Trinajstić information content (AvgIpc) is 3.02. The van der Waals surface area contributed by atoms with Crippen LogP contribution in [0.3, 0.4) is 0 Å². The highest BCUT2D eigenvalue weighted by Crippen LogP contribution is 2.52. The van der Waals surface area contributed by atoms with Gasteiger partial charge in [-0.05, 0) is 75.7 Å². The topological polar surface area (TPSA) is 23.5 Å². The summed E-state index contributed by atoms with van der Waals surface area (Å²) in [6.07, 6.45) is 11.8. The highest BCUT2D eigenvalue weighted by Gasteiger charge is 2.46. The second kappa shape index (κ2) is 4.21. The van der Waals surface area contributed by atoms with Gasteiger partial charge in [-0.15, -0.1) is 0 Å². The fraction of sp³-hybridized carbons (Fsp3) is 1.00. The van der Waals surface area contributed by atoms with Crippen LogP contribution >= 0.6 is 0 Å². The maximum Gasteiger partial charge on any atom is 0.0677 e. The highest BCUT2D eigenvalue weighted by atomic mass is 16.3. The molecule has 0 amide bonds. The molecule has 5 unspecified atom stereocenters. The summed E-state index contributed by atoms with van der Waals surface area (Å²) >= 11 is 0. The predicted octanol–water partition coefficient (Wildman–Crippen LogP) is 2.80. The van der Waals surface area contributed by atoms with Gasteiger partial charge in [-0.3, -0.25) is 0 Å². The Balaban J connectivity index is 1.41. The van der Waals surface area contributed by atoms with Crippen molar-refractivity contribution in [1.29, 1.82) is 0 Å². The molecule has 5 atom stereocenters. The minimum absolute atomic E-state index is 0.305. The van der Waals surface area contributed by atoms with Crippen LogP contribution in [-0.4, -0.2) is 34.7 Å². The van der Waals surface area contributed by atoms with Crippen molar-refractivity contribution < 1.29 is 5.11 Å². The first-order chi connectivity index (χ1) is 8.72. The van der Waals surface area contributed by atoms with Gasteiger partial charge in [-0.25, -0.2) is 0 Å². The first kappa shape index (κ1) is 11.7. The molecule has 0 aromatic carbocycles. The molecule has 4 fully saturated rings. The molecule has 2 bridgehead atoms. The summed E-state index contributed by atoms with van der Waals surface area (Å²) in [5.74, 6) is 2.86. The Kier molecular flexibility index (Phi) is 2.74. The number of rotatable bonds is 2. The molecule has 0 radical (unpaired) electrons. The Morgan fingerprint density at radius 1 is 1.11 bits per heavy atom. The molecule has 2 saturated heterocycles. The third kappa shape index (κ3) is 1.92. The van der Waals surface area contributed by atoms with Crippen molar-refractivity contribution in [2.24, 2.45) is 17.8 Å². The van der Waals surface area contributed by atoms with Crippen LogP contribution in [0.15, 0.2) is 0 Å². The fourth-order valence-electron chi connectivity index (χ4n) is 5.61. The van der Waals surface area contributed by atoms with E-state index in [1.54, 1.807) is 0 Å². The zero-order valence-electron chi connectivity index (χ0n) is 11.5. The van der Waals surface area contributed by atoms with E-state index in [9.17, 15) is 5.11 Å². The zero-order valence-corrected chi connectivity index (χ0v) is 11.5. The van der Waals surface area contributed by atoms with Gasteiger partial charge in [0.1, 0.15) is 0 Å². The van der Waals surface area contributed by atoms with Crippen molar-refractivity contribution in [3.63, 3.8) is 0 Å². The van der Waals surface area contributed by atoms with Gasteiger partial charge in [0.05, 0.1) is 5.60 Å². The minimum atomic E-state index is -0.305. The number of nitrogens with zero attached hydrogens (tertiary/aromatic N) is 1. The van der Waals surface area contributed by atoms with Crippen molar-refractivity contribution in [2.45, 2.75) is 69.4 Å². The molecule has 0 aromatic heterocycles. The molecule has 4 rings (SSSR count). The lowest BCUT2D eigenvalue weighted by Gasteiger charge is -2.43. The molecule has 0 spiro atoms. The Bertz CT molecular complexity index is 331. The van der Waals surface area contributed by atoms with E-state index in [4.69, 9.17) is 0 Å². The van der Waals surface area contributed by atoms with E-state index in [2.05, 4.69) is 4.90 Å². The normalized spacial score (nSPS) is 51.8. The maximum atomic E-state index is 11.0. The molecule has 2 heterocycles. The van der Waals surface area contributed by atoms with E-state index < -0.39 is 0 Å². The molecule has 2 heteroatoms. The van der Waals surface area contributed by atoms with Crippen LogP contribution < -0.4 is 0 Å². The summed E-state index contributed by atoms with van der Waals surface area (Å²) in [5.41, 5.74) is -0.305. The maximum absolute atomic E-state index is 11.0. The summed E-state index contributed by atoms with van der Waals surface area (Å²) < 4.78 is 0. The monoisotopic (exact) mass is 249 g/mol. The van der Waals surface area contributed by atoms with E-state index in [1.807, 2.05) is 0 Å². The number of hydrogen-bond donors (Lipinski definition) is 1. The lowest BCUT2D eigenvalue weighted by molar-refractivity contribution is -0.0571. The molecule has 102 valence electrons. The second-order valence-corrected chi connectivity index (χ2v) is 7.65. The molecular formula is C16H27NO. The van der Waals surface area contributed by atoms with E-state index in [0.29, 0.717) is 6.04 Å². The van der Waals surface area contributed by atoms with Crippen LogP contribution in [0.4, 0.5) is 0 Å². The van der Waals surface area contributed by atoms with Gasteiger partial charge in [0.2, 0.25) is 0 Å². The first-order valence-electron chi connectivity index (χ1n) is 8.18. The number of fused-ring (bicyclic) bond motifs is 3. The lowest BCUT2D eigenvalue weighted by atomic mass is 9.75. The van der Waals surface area contributed by atoms with Gasteiger partial charge in [-0.1, -0.05) is 6.42 Å². The van der Waals surface area contributed by atoms with Crippen LogP contribution in [0.2, 0.25) is 0 Å². The number of hydrogen-bond acceptors (Lipinski definition) is 2. The summed E-state index contributed by atoms with van der Waals surface area (Å²) in [5, 5.41) is 11.0. The first-order valence-corrected chi connectivity index (χ1v) is 8.18. The van der Waals surface area contributed by atoms with Crippen LogP contribution in [0.25, 0.3) is 0 Å².